The fourth-order valence-corrected chi connectivity index (χ4v) is 18.7. The van der Waals surface area contributed by atoms with Gasteiger partial charge in [-0.05, 0) is 201 Å². The zero-order chi connectivity index (χ0) is 78.6. The van der Waals surface area contributed by atoms with Crippen molar-refractivity contribution in [1.29, 1.82) is 0 Å². The highest BCUT2D eigenvalue weighted by Crippen LogP contribution is 2.45. The molecule has 24 aromatic rings. The number of hydrogen-bond acceptors (Lipinski definition) is 6. The van der Waals surface area contributed by atoms with E-state index >= 15 is 0 Å². The summed E-state index contributed by atoms with van der Waals surface area (Å²) in [4.78, 5) is 20.8. The molecule has 25 rings (SSSR count). The smallest absolute Gasteiger partial charge is 0.399 e. The highest BCUT2D eigenvalue weighted by molar-refractivity contribution is 9.10. The van der Waals surface area contributed by atoms with Crippen LogP contribution < -0.4 is 5.46 Å². The monoisotopic (exact) mass is 1580 g/mol. The van der Waals surface area contributed by atoms with Crippen molar-refractivity contribution in [1.82, 2.24) is 37.9 Å². The minimum atomic E-state index is -0.411. The van der Waals surface area contributed by atoms with Crippen LogP contribution in [-0.4, -0.2) is 56.2 Å². The zero-order valence-corrected chi connectivity index (χ0v) is 66.6. The second-order valence-electron chi connectivity index (χ2n) is 32.0. The molecule has 0 bridgehead atoms. The predicted molar refractivity (Wildman–Crippen MR) is 496 cm³/mol. The third-order valence-electron chi connectivity index (χ3n) is 24.6. The van der Waals surface area contributed by atoms with Crippen molar-refractivity contribution in [3.05, 3.63) is 368 Å². The van der Waals surface area contributed by atoms with E-state index in [0.29, 0.717) is 0 Å². The number of para-hydroxylation sites is 8. The Morgan fingerprint density at radius 2 is 0.619 bits per heavy atom. The van der Waals surface area contributed by atoms with Crippen LogP contribution in [0.25, 0.3) is 209 Å². The maximum Gasteiger partial charge on any atom is 0.494 e. The van der Waals surface area contributed by atoms with Crippen molar-refractivity contribution >= 4 is 192 Å². The predicted octanol–water partition coefficient (Wildman–Crippen LogP) is 26.9. The van der Waals surface area contributed by atoms with Gasteiger partial charge in [-0.15, -0.1) is 0 Å². The molecule has 1 aliphatic rings. The molecular formula is C106H72BBrN8O2. The van der Waals surface area contributed by atoms with Crippen LogP contribution in [0.4, 0.5) is 0 Å². The number of benzene rings is 18. The van der Waals surface area contributed by atoms with Crippen LogP contribution >= 0.6 is 15.9 Å². The van der Waals surface area contributed by atoms with Gasteiger partial charge in [-0.25, -0.2) is 19.9 Å². The Bertz CT molecular complexity index is 8300. The van der Waals surface area contributed by atoms with Crippen LogP contribution in [-0.2, 0) is 9.31 Å². The summed E-state index contributed by atoms with van der Waals surface area (Å²) in [6.07, 6.45) is 0. The second kappa shape index (κ2) is 27.0. The molecule has 0 spiro atoms. The number of pyridine rings is 2. The lowest BCUT2D eigenvalue weighted by Gasteiger charge is -2.32. The van der Waals surface area contributed by atoms with E-state index < -0.39 is 7.12 Å². The lowest BCUT2D eigenvalue weighted by molar-refractivity contribution is 0.00578. The number of fused-ring (bicyclic) bond motifs is 30. The fraction of sp³-hybridized carbons (Fsp3) is 0.0566. The first-order valence-electron chi connectivity index (χ1n) is 40.2. The van der Waals surface area contributed by atoms with Crippen LogP contribution in [0.15, 0.2) is 368 Å². The standard InChI is InChI=1S/C50H30N4.C33H27BN2O2.C23H15BrN2/c1-2-12-36(13-3-1)53-46-21-11-9-19-44(46)51-49(53)35-25-24-31-28-32(22-23-33(31)29-35)34-26-27-42-43(30-34)39-16-8-10-20-45(39)54-48-41-18-7-5-15-38(41)37-14-4-6-17-40(37)47(48)52-50(42)54;1-32(2)33(3,4)38-34(37-32)20-17-18-26-27(19-20)23-13-9-10-16-28(23)36-30-25-15-8-6-12-22(25)21-11-5-7-14-24(21)29(30)35-31(26)36;24-19-13-12-16-14-18(11-10-17(16)15-19)23-25-21-8-4-5-9-22(21)26(23)20-6-2-1-3-7-20/h1-30H;5-19H,1-4H3;1-15H. The molecule has 0 saturated carbocycles. The molecule has 6 aromatic heterocycles. The summed E-state index contributed by atoms with van der Waals surface area (Å²) in [5.74, 6) is 1.90. The van der Waals surface area contributed by atoms with Crippen molar-refractivity contribution in [2.45, 2.75) is 38.9 Å². The molecule has 12 heteroatoms. The van der Waals surface area contributed by atoms with Gasteiger partial charge in [-0.2, -0.15) is 0 Å². The third kappa shape index (κ3) is 11.0. The number of halogens is 1. The van der Waals surface area contributed by atoms with Gasteiger partial charge in [0.05, 0.1) is 66.4 Å². The lowest BCUT2D eigenvalue weighted by Crippen LogP contribution is -2.41. The first-order chi connectivity index (χ1) is 57.9. The quantitative estimate of drug-likeness (QED) is 0.122. The highest BCUT2D eigenvalue weighted by Gasteiger charge is 2.52. The molecule has 0 amide bonds. The van der Waals surface area contributed by atoms with E-state index in [1.807, 2.05) is 12.1 Å². The van der Waals surface area contributed by atoms with Crippen molar-refractivity contribution in [3.63, 3.8) is 0 Å². The van der Waals surface area contributed by atoms with E-state index in [-0.39, 0.29) is 11.2 Å². The molecule has 7 heterocycles. The minimum absolute atomic E-state index is 0.387. The Hall–Kier alpha value is -14.1. The average Bonchev–Trinajstić information content (AvgIpc) is 1.53. The maximum absolute atomic E-state index is 6.40. The van der Waals surface area contributed by atoms with Gasteiger partial charge in [0.1, 0.15) is 22.9 Å². The van der Waals surface area contributed by atoms with Crippen molar-refractivity contribution in [2.75, 3.05) is 0 Å². The highest BCUT2D eigenvalue weighted by atomic mass is 79.9. The Kier molecular flexibility index (Phi) is 15.9. The van der Waals surface area contributed by atoms with Gasteiger partial charge in [0.2, 0.25) is 0 Å². The largest absolute Gasteiger partial charge is 0.494 e. The SMILES string of the molecule is Brc1ccc2cc(-c3nc4ccccc4n3-c3ccccc3)ccc2c1.CC1(C)OB(c2ccc3c(c2)c2ccccc2n2c3nc3c4ccccc4c4ccccc4c32)OC1(C)C.c1ccc(-n2c(-c3ccc4cc(-c5ccc6c(c5)c5ccccc5n5c6nc6c7ccccc7c7ccccc7c65)ccc4c3)nc3ccccc32)cc1. The molecule has 0 radical (unpaired) electrons. The van der Waals surface area contributed by atoms with Gasteiger partial charge in [0, 0.05) is 70.1 Å². The summed E-state index contributed by atoms with van der Waals surface area (Å²) in [6, 6.07) is 129. The maximum atomic E-state index is 6.40. The van der Waals surface area contributed by atoms with Crippen LogP contribution in [0.3, 0.4) is 0 Å². The van der Waals surface area contributed by atoms with Crippen molar-refractivity contribution in [3.8, 4) is 45.3 Å². The summed E-state index contributed by atoms with van der Waals surface area (Å²) in [5, 5.41) is 21.6. The Morgan fingerprint density at radius 1 is 0.271 bits per heavy atom. The summed E-state index contributed by atoms with van der Waals surface area (Å²) >= 11 is 3.54. The first kappa shape index (κ1) is 69.4. The Morgan fingerprint density at radius 3 is 1.10 bits per heavy atom. The van der Waals surface area contributed by atoms with Crippen LogP contribution in [0, 0.1) is 0 Å². The van der Waals surface area contributed by atoms with Gasteiger partial charge in [-0.3, -0.25) is 17.9 Å². The summed E-state index contributed by atoms with van der Waals surface area (Å²) in [6.45, 7) is 8.38. The number of aromatic nitrogens is 8. The number of nitrogens with zero attached hydrogens (tertiary/aromatic N) is 8. The van der Waals surface area contributed by atoms with E-state index in [2.05, 4.69) is 413 Å². The average molecular weight is 1580 g/mol. The molecule has 118 heavy (non-hydrogen) atoms. The molecule has 0 unspecified atom stereocenters. The van der Waals surface area contributed by atoms with Crippen LogP contribution in [0.5, 0.6) is 0 Å². The van der Waals surface area contributed by atoms with Crippen molar-refractivity contribution < 1.29 is 9.31 Å². The normalized spacial score (nSPS) is 13.5. The summed E-state index contributed by atoms with van der Waals surface area (Å²) < 4.78 is 23.1. The van der Waals surface area contributed by atoms with Gasteiger partial charge < -0.3 is 9.31 Å². The second-order valence-corrected chi connectivity index (χ2v) is 32.9. The molecule has 558 valence electrons. The lowest BCUT2D eigenvalue weighted by atomic mass is 9.78. The molecule has 10 nitrogen and oxygen atoms in total. The Labute approximate surface area is 687 Å². The molecule has 0 atom stereocenters. The van der Waals surface area contributed by atoms with E-state index in [9.17, 15) is 0 Å². The molecule has 18 aromatic carbocycles. The van der Waals surface area contributed by atoms with E-state index in [4.69, 9.17) is 29.2 Å². The van der Waals surface area contributed by atoms with Gasteiger partial charge >= 0.3 is 7.12 Å². The number of rotatable bonds is 6. The van der Waals surface area contributed by atoms with E-state index in [1.54, 1.807) is 0 Å². The molecule has 1 saturated heterocycles. The zero-order valence-electron chi connectivity index (χ0n) is 65.0. The van der Waals surface area contributed by atoms with Gasteiger partial charge in [0.25, 0.3) is 0 Å². The number of imidazole rings is 4. The van der Waals surface area contributed by atoms with Crippen LogP contribution in [0.2, 0.25) is 0 Å². The molecule has 0 N–H and O–H groups in total. The number of hydrogen-bond donors (Lipinski definition) is 0. The van der Waals surface area contributed by atoms with E-state index in [1.165, 1.54) is 91.9 Å². The molecular weight excluding hydrogens is 1510 g/mol. The van der Waals surface area contributed by atoms with Gasteiger partial charge in [-0.1, -0.05) is 277 Å². The molecule has 0 aliphatic carbocycles. The van der Waals surface area contributed by atoms with Gasteiger partial charge in [0.15, 0.2) is 0 Å². The third-order valence-corrected chi connectivity index (χ3v) is 25.1. The summed E-state index contributed by atoms with van der Waals surface area (Å²) in [7, 11) is -0.411. The van der Waals surface area contributed by atoms with E-state index in [0.717, 1.165) is 127 Å². The topological polar surface area (TPSA) is 88.7 Å². The first-order valence-corrected chi connectivity index (χ1v) is 41.0. The summed E-state index contributed by atoms with van der Waals surface area (Å²) in [5.41, 5.74) is 19.9. The molecule has 1 fully saturated rings. The van der Waals surface area contributed by atoms with Crippen LogP contribution in [0.1, 0.15) is 27.7 Å². The minimum Gasteiger partial charge on any atom is -0.399 e. The molecule has 1 aliphatic heterocycles. The Balaban J connectivity index is 0.000000111. The fourth-order valence-electron chi connectivity index (χ4n) is 18.3. The van der Waals surface area contributed by atoms with Crippen molar-refractivity contribution in [2.24, 2.45) is 0 Å².